The minimum Gasteiger partial charge on any atom is -0.493 e. The number of carbonyl (C=O) groups is 1. The number of halogens is 2. The molecule has 6 nitrogen and oxygen atoms in total. The molecule has 0 radical (unpaired) electrons. The van der Waals surface area contributed by atoms with Crippen molar-refractivity contribution in [3.63, 3.8) is 0 Å². The van der Waals surface area contributed by atoms with E-state index in [0.717, 1.165) is 0 Å². The number of cyclic esters (lactones) is 1. The molecule has 0 spiro atoms. The maximum absolute atomic E-state index is 12.4. The Bertz CT molecular complexity index is 993. The Hall–Kier alpha value is -3.73. The van der Waals surface area contributed by atoms with E-state index < -0.39 is 12.6 Å². The maximum atomic E-state index is 12.4. The topological polar surface area (TPSA) is 80.9 Å². The monoisotopic (exact) mass is 370 g/mol. The zero-order valence-electron chi connectivity index (χ0n) is 14.0. The van der Waals surface area contributed by atoms with Gasteiger partial charge in [0, 0.05) is 5.56 Å². The van der Waals surface area contributed by atoms with E-state index in [0.29, 0.717) is 16.7 Å². The lowest BCUT2D eigenvalue weighted by molar-refractivity contribution is -0.129. The first-order chi connectivity index (χ1) is 13.0. The van der Waals surface area contributed by atoms with Crippen LogP contribution in [-0.2, 0) is 9.53 Å². The number of hydrogen-bond acceptors (Lipinski definition) is 6. The summed E-state index contributed by atoms with van der Waals surface area (Å²) in [6, 6.07) is 12.7. The van der Waals surface area contributed by atoms with E-state index in [1.807, 2.05) is 6.07 Å². The predicted octanol–water partition coefficient (Wildman–Crippen LogP) is 3.51. The number of nitrogens with zero attached hydrogens (tertiary/aromatic N) is 2. The number of hydrogen-bond donors (Lipinski definition) is 0. The van der Waals surface area contributed by atoms with Gasteiger partial charge < -0.3 is 14.2 Å². The number of esters is 1. The van der Waals surface area contributed by atoms with Gasteiger partial charge in [-0.2, -0.15) is 14.0 Å². The average molecular weight is 370 g/mol. The van der Waals surface area contributed by atoms with Crippen molar-refractivity contribution < 1.29 is 27.8 Å². The number of methoxy groups -OCH3 is 1. The molecule has 0 aromatic heterocycles. The Morgan fingerprint density at radius 2 is 2.04 bits per heavy atom. The summed E-state index contributed by atoms with van der Waals surface area (Å²) in [7, 11) is 1.30. The van der Waals surface area contributed by atoms with Crippen molar-refractivity contribution in [1.82, 2.24) is 0 Å². The lowest BCUT2D eigenvalue weighted by atomic mass is 10.1. The van der Waals surface area contributed by atoms with Crippen LogP contribution in [0.3, 0.4) is 0 Å². The van der Waals surface area contributed by atoms with Crippen LogP contribution < -0.4 is 9.47 Å². The highest BCUT2D eigenvalue weighted by atomic mass is 19.3. The minimum atomic E-state index is -3.00. The van der Waals surface area contributed by atoms with Crippen molar-refractivity contribution in [1.29, 1.82) is 5.26 Å². The fourth-order valence-corrected chi connectivity index (χ4v) is 2.38. The molecule has 136 valence electrons. The van der Waals surface area contributed by atoms with E-state index in [4.69, 9.17) is 14.7 Å². The zero-order chi connectivity index (χ0) is 19.4. The van der Waals surface area contributed by atoms with Gasteiger partial charge in [-0.25, -0.2) is 9.79 Å². The summed E-state index contributed by atoms with van der Waals surface area (Å²) in [5.41, 5.74) is 1.46. The third kappa shape index (κ3) is 4.10. The van der Waals surface area contributed by atoms with Crippen LogP contribution in [0.15, 0.2) is 53.2 Å². The highest BCUT2D eigenvalue weighted by molar-refractivity contribution is 6.13. The highest BCUT2D eigenvalue weighted by Crippen LogP contribution is 2.31. The SMILES string of the molecule is COc1cc(C2=N/C(=C\c3cccc(C#N)c3)C(=O)O2)ccc1OC(F)F. The minimum absolute atomic E-state index is 0.00425. The van der Waals surface area contributed by atoms with Crippen molar-refractivity contribution >= 4 is 17.9 Å². The van der Waals surface area contributed by atoms with Crippen LogP contribution >= 0.6 is 0 Å². The molecule has 27 heavy (non-hydrogen) atoms. The Morgan fingerprint density at radius 1 is 1.22 bits per heavy atom. The first-order valence-electron chi connectivity index (χ1n) is 7.66. The maximum Gasteiger partial charge on any atom is 0.387 e. The molecule has 2 aromatic carbocycles. The summed E-state index contributed by atoms with van der Waals surface area (Å²) < 4.78 is 39.3. The molecular weight excluding hydrogens is 358 g/mol. The second-order valence-corrected chi connectivity index (χ2v) is 5.32. The summed E-state index contributed by atoms with van der Waals surface area (Å²) in [6.07, 6.45) is 1.49. The van der Waals surface area contributed by atoms with Gasteiger partial charge in [-0.05, 0) is 42.0 Å². The molecule has 1 aliphatic heterocycles. The standard InChI is InChI=1S/C19H12F2N2O4/c1-25-16-9-13(5-6-15(16)26-19(20)21)17-23-14(18(24)27-17)8-11-3-2-4-12(7-11)10-22/h2-9,19H,1H3/b14-8-. The average Bonchev–Trinajstić information content (AvgIpc) is 3.02. The van der Waals surface area contributed by atoms with Crippen LogP contribution in [0.25, 0.3) is 6.08 Å². The summed E-state index contributed by atoms with van der Waals surface area (Å²) in [5, 5.41) is 8.93. The number of ether oxygens (including phenoxy) is 3. The second-order valence-electron chi connectivity index (χ2n) is 5.32. The number of carbonyl (C=O) groups excluding carboxylic acids is 1. The third-order valence-corrected chi connectivity index (χ3v) is 3.57. The first-order valence-corrected chi connectivity index (χ1v) is 7.66. The molecule has 3 rings (SSSR count). The van der Waals surface area contributed by atoms with Gasteiger partial charge in [-0.3, -0.25) is 0 Å². The van der Waals surface area contributed by atoms with Crippen molar-refractivity contribution in [3.8, 4) is 17.6 Å². The quantitative estimate of drug-likeness (QED) is 0.594. The summed E-state index contributed by atoms with van der Waals surface area (Å²) in [4.78, 5) is 16.2. The Labute approximate surface area is 152 Å². The number of benzene rings is 2. The molecule has 8 heteroatoms. The lowest BCUT2D eigenvalue weighted by Gasteiger charge is -2.10. The molecule has 0 saturated carbocycles. The van der Waals surface area contributed by atoms with E-state index >= 15 is 0 Å². The second kappa shape index (κ2) is 7.66. The fourth-order valence-electron chi connectivity index (χ4n) is 2.38. The van der Waals surface area contributed by atoms with Gasteiger partial charge in [0.25, 0.3) is 0 Å². The van der Waals surface area contributed by atoms with Gasteiger partial charge in [0.05, 0.1) is 18.7 Å². The van der Waals surface area contributed by atoms with E-state index in [9.17, 15) is 13.6 Å². The first kappa shape index (κ1) is 18.1. The van der Waals surface area contributed by atoms with Crippen molar-refractivity contribution in [2.45, 2.75) is 6.61 Å². The van der Waals surface area contributed by atoms with E-state index in [1.165, 1.54) is 31.4 Å². The zero-order valence-corrected chi connectivity index (χ0v) is 14.0. The molecule has 0 N–H and O–H groups in total. The van der Waals surface area contributed by atoms with Gasteiger partial charge in [0.2, 0.25) is 5.90 Å². The molecule has 0 fully saturated rings. The van der Waals surface area contributed by atoms with Gasteiger partial charge in [0.1, 0.15) is 0 Å². The van der Waals surface area contributed by atoms with E-state index in [1.54, 1.807) is 24.3 Å². The van der Waals surface area contributed by atoms with Gasteiger partial charge >= 0.3 is 12.6 Å². The molecule has 0 unspecified atom stereocenters. The van der Waals surface area contributed by atoms with E-state index in [-0.39, 0.29) is 23.1 Å². The Kier molecular flexibility index (Phi) is 5.13. The van der Waals surface area contributed by atoms with Crippen LogP contribution in [0.4, 0.5) is 8.78 Å². The molecule has 1 heterocycles. The molecule has 0 bridgehead atoms. The summed E-state index contributed by atoms with van der Waals surface area (Å²) in [6.45, 7) is -3.00. The van der Waals surface area contributed by atoms with Crippen LogP contribution in [0, 0.1) is 11.3 Å². The van der Waals surface area contributed by atoms with Gasteiger partial charge in [0.15, 0.2) is 17.2 Å². The molecule has 0 amide bonds. The van der Waals surface area contributed by atoms with E-state index in [2.05, 4.69) is 9.73 Å². The molecule has 2 aromatic rings. The Morgan fingerprint density at radius 3 is 2.74 bits per heavy atom. The van der Waals surface area contributed by atoms with Crippen molar-refractivity contribution in [2.75, 3.05) is 7.11 Å². The molecular formula is C19H12F2N2O4. The molecule has 1 aliphatic rings. The highest BCUT2D eigenvalue weighted by Gasteiger charge is 2.25. The summed E-state index contributed by atoms with van der Waals surface area (Å²) in [5.74, 6) is -0.764. The third-order valence-electron chi connectivity index (χ3n) is 3.57. The number of alkyl halides is 2. The van der Waals surface area contributed by atoms with Crippen LogP contribution in [0.1, 0.15) is 16.7 Å². The molecule has 0 aliphatic carbocycles. The van der Waals surface area contributed by atoms with Crippen molar-refractivity contribution in [3.05, 3.63) is 64.9 Å². The Balaban J connectivity index is 1.92. The van der Waals surface area contributed by atoms with Gasteiger partial charge in [-0.15, -0.1) is 0 Å². The normalized spacial score (nSPS) is 14.7. The number of nitriles is 1. The number of rotatable bonds is 5. The number of aliphatic imine (C=N–C) groups is 1. The molecule has 0 saturated heterocycles. The fraction of sp³-hybridized carbons (Fsp3) is 0.105. The summed E-state index contributed by atoms with van der Waals surface area (Å²) >= 11 is 0. The van der Waals surface area contributed by atoms with Crippen LogP contribution in [0.5, 0.6) is 11.5 Å². The van der Waals surface area contributed by atoms with Gasteiger partial charge in [-0.1, -0.05) is 12.1 Å². The van der Waals surface area contributed by atoms with Crippen LogP contribution in [-0.4, -0.2) is 25.6 Å². The molecule has 0 atom stereocenters. The smallest absolute Gasteiger partial charge is 0.387 e. The predicted molar refractivity (Wildman–Crippen MR) is 91.4 cm³/mol. The van der Waals surface area contributed by atoms with Crippen LogP contribution in [0.2, 0.25) is 0 Å². The lowest BCUT2D eigenvalue weighted by Crippen LogP contribution is -2.07. The largest absolute Gasteiger partial charge is 0.493 e. The van der Waals surface area contributed by atoms with Crippen molar-refractivity contribution in [2.24, 2.45) is 4.99 Å².